The van der Waals surface area contributed by atoms with Gasteiger partial charge in [-0.15, -0.1) is 0 Å². The van der Waals surface area contributed by atoms with E-state index in [4.69, 9.17) is 22.5 Å². The summed E-state index contributed by atoms with van der Waals surface area (Å²) in [5.74, 6) is 0.780. The van der Waals surface area contributed by atoms with Crippen LogP contribution in [0, 0.1) is 0 Å². The van der Waals surface area contributed by atoms with Crippen LogP contribution in [-0.2, 0) is 6.42 Å². The summed E-state index contributed by atoms with van der Waals surface area (Å²) in [5, 5.41) is 12.2. The van der Waals surface area contributed by atoms with Gasteiger partial charge in [0.1, 0.15) is 11.0 Å². The van der Waals surface area contributed by atoms with E-state index in [1.54, 1.807) is 0 Å². The van der Waals surface area contributed by atoms with Crippen LogP contribution in [0.4, 0.5) is 5.82 Å². The predicted molar refractivity (Wildman–Crippen MR) is 90.2 cm³/mol. The highest BCUT2D eigenvalue weighted by Gasteiger charge is 2.22. The standard InChI is InChI=1S/C16H18ClN5O/c17-13-12(10-11-6-2-1-3-7-11)16(22-8-4-5-9-22)20-15(19-13)14(18)21-23/h1-3,6-7,23H,4-5,8-10H2,(H2,18,21). The van der Waals surface area contributed by atoms with Gasteiger partial charge in [0.05, 0.1) is 0 Å². The van der Waals surface area contributed by atoms with Gasteiger partial charge in [0.25, 0.3) is 0 Å². The van der Waals surface area contributed by atoms with E-state index >= 15 is 0 Å². The summed E-state index contributed by atoms with van der Waals surface area (Å²) in [5.41, 5.74) is 7.64. The molecule has 6 nitrogen and oxygen atoms in total. The molecule has 23 heavy (non-hydrogen) atoms. The third kappa shape index (κ3) is 3.37. The smallest absolute Gasteiger partial charge is 0.208 e. The quantitative estimate of drug-likeness (QED) is 0.295. The molecule has 1 aromatic heterocycles. The summed E-state index contributed by atoms with van der Waals surface area (Å²) in [6.45, 7) is 1.84. The average Bonchev–Trinajstić information content (AvgIpc) is 3.11. The van der Waals surface area contributed by atoms with Crippen molar-refractivity contribution in [2.75, 3.05) is 18.0 Å². The van der Waals surface area contributed by atoms with E-state index in [2.05, 4.69) is 20.0 Å². The number of oxime groups is 1. The maximum Gasteiger partial charge on any atom is 0.208 e. The highest BCUT2D eigenvalue weighted by molar-refractivity contribution is 6.30. The molecule has 120 valence electrons. The fourth-order valence-corrected chi connectivity index (χ4v) is 2.98. The van der Waals surface area contributed by atoms with Crippen molar-refractivity contribution < 1.29 is 5.21 Å². The van der Waals surface area contributed by atoms with Crippen molar-refractivity contribution in [3.05, 3.63) is 52.4 Å². The maximum absolute atomic E-state index is 8.87. The lowest BCUT2D eigenvalue weighted by Gasteiger charge is -2.21. The lowest BCUT2D eigenvalue weighted by molar-refractivity contribution is 0.318. The van der Waals surface area contributed by atoms with Gasteiger partial charge in [0.2, 0.25) is 11.7 Å². The highest BCUT2D eigenvalue weighted by atomic mass is 35.5. The Kier molecular flexibility index (Phi) is 4.62. The second-order valence-corrected chi connectivity index (χ2v) is 5.84. The Morgan fingerprint density at radius 3 is 2.57 bits per heavy atom. The van der Waals surface area contributed by atoms with E-state index < -0.39 is 0 Å². The van der Waals surface area contributed by atoms with E-state index in [9.17, 15) is 0 Å². The van der Waals surface area contributed by atoms with E-state index in [0.29, 0.717) is 11.6 Å². The zero-order valence-corrected chi connectivity index (χ0v) is 13.4. The van der Waals surface area contributed by atoms with Gasteiger partial charge in [0.15, 0.2) is 0 Å². The summed E-state index contributed by atoms with van der Waals surface area (Å²) in [6, 6.07) is 10.0. The summed E-state index contributed by atoms with van der Waals surface area (Å²) in [6.07, 6.45) is 2.87. The number of nitrogens with zero attached hydrogens (tertiary/aromatic N) is 4. The Morgan fingerprint density at radius 2 is 1.91 bits per heavy atom. The summed E-state index contributed by atoms with van der Waals surface area (Å²) < 4.78 is 0. The second-order valence-electron chi connectivity index (χ2n) is 5.48. The Hall–Kier alpha value is -2.34. The van der Waals surface area contributed by atoms with Crippen LogP contribution in [0.5, 0.6) is 0 Å². The van der Waals surface area contributed by atoms with E-state index in [1.807, 2.05) is 30.3 Å². The predicted octanol–water partition coefficient (Wildman–Crippen LogP) is 2.42. The Bertz CT molecular complexity index is 714. The number of anilines is 1. The number of halogens is 1. The van der Waals surface area contributed by atoms with Crippen LogP contribution in [0.15, 0.2) is 35.5 Å². The molecular formula is C16H18ClN5O. The minimum atomic E-state index is -0.140. The molecule has 1 aromatic carbocycles. The van der Waals surface area contributed by atoms with Gasteiger partial charge in [-0.2, -0.15) is 0 Å². The molecule has 3 rings (SSSR count). The van der Waals surface area contributed by atoms with Gasteiger partial charge in [-0.05, 0) is 18.4 Å². The number of aromatic nitrogens is 2. The summed E-state index contributed by atoms with van der Waals surface area (Å²) in [4.78, 5) is 10.9. The Morgan fingerprint density at radius 1 is 1.22 bits per heavy atom. The van der Waals surface area contributed by atoms with Crippen LogP contribution < -0.4 is 10.6 Å². The topological polar surface area (TPSA) is 87.6 Å². The van der Waals surface area contributed by atoms with Crippen molar-refractivity contribution in [2.24, 2.45) is 10.9 Å². The third-order valence-electron chi connectivity index (χ3n) is 3.90. The largest absolute Gasteiger partial charge is 0.409 e. The molecule has 0 amide bonds. The van der Waals surface area contributed by atoms with Crippen molar-refractivity contribution in [1.82, 2.24) is 9.97 Å². The second kappa shape index (κ2) is 6.83. The molecule has 0 bridgehead atoms. The van der Waals surface area contributed by atoms with Gasteiger partial charge in [-0.25, -0.2) is 9.97 Å². The normalized spacial score (nSPS) is 15.2. The van der Waals surface area contributed by atoms with Gasteiger partial charge >= 0.3 is 0 Å². The van der Waals surface area contributed by atoms with Crippen molar-refractivity contribution in [3.63, 3.8) is 0 Å². The lowest BCUT2D eigenvalue weighted by atomic mass is 10.1. The van der Waals surface area contributed by atoms with Gasteiger partial charge in [0, 0.05) is 25.1 Å². The fourth-order valence-electron chi connectivity index (χ4n) is 2.75. The molecule has 1 fully saturated rings. The summed E-state index contributed by atoms with van der Waals surface area (Å²) in [7, 11) is 0. The van der Waals surface area contributed by atoms with Crippen LogP contribution in [0.1, 0.15) is 29.8 Å². The molecule has 0 unspecified atom stereocenters. The minimum absolute atomic E-state index is 0.140. The molecule has 0 saturated carbocycles. The first-order chi connectivity index (χ1) is 11.2. The number of rotatable bonds is 4. The van der Waals surface area contributed by atoms with E-state index in [-0.39, 0.29) is 11.7 Å². The number of nitrogens with two attached hydrogens (primary N) is 1. The van der Waals surface area contributed by atoms with Crippen LogP contribution >= 0.6 is 11.6 Å². The molecule has 7 heteroatoms. The molecule has 0 radical (unpaired) electrons. The average molecular weight is 332 g/mol. The van der Waals surface area contributed by atoms with Crippen LogP contribution in [0.3, 0.4) is 0 Å². The first-order valence-electron chi connectivity index (χ1n) is 7.52. The number of benzene rings is 1. The van der Waals surface area contributed by atoms with Gasteiger partial charge < -0.3 is 15.8 Å². The van der Waals surface area contributed by atoms with Crippen LogP contribution in [0.2, 0.25) is 5.15 Å². The Balaban J connectivity index is 2.05. The SMILES string of the molecule is N/C(=N\O)c1nc(Cl)c(Cc2ccccc2)c(N2CCCC2)n1. The monoisotopic (exact) mass is 331 g/mol. The summed E-state index contributed by atoms with van der Waals surface area (Å²) >= 11 is 6.39. The molecule has 1 aliphatic rings. The van der Waals surface area contributed by atoms with E-state index in [0.717, 1.165) is 42.9 Å². The zero-order chi connectivity index (χ0) is 16.2. The first kappa shape index (κ1) is 15.6. The van der Waals surface area contributed by atoms with Crippen LogP contribution in [-0.4, -0.2) is 34.1 Å². The van der Waals surface area contributed by atoms with Crippen molar-refractivity contribution in [3.8, 4) is 0 Å². The Labute approximate surface area is 139 Å². The van der Waals surface area contributed by atoms with Gasteiger partial charge in [-0.3, -0.25) is 0 Å². The molecule has 0 spiro atoms. The molecule has 0 atom stereocenters. The first-order valence-corrected chi connectivity index (χ1v) is 7.90. The van der Waals surface area contributed by atoms with Crippen molar-refractivity contribution in [1.29, 1.82) is 0 Å². The van der Waals surface area contributed by atoms with Crippen LogP contribution in [0.25, 0.3) is 0 Å². The molecule has 1 aliphatic heterocycles. The fraction of sp³-hybridized carbons (Fsp3) is 0.312. The number of amidine groups is 1. The lowest BCUT2D eigenvalue weighted by Crippen LogP contribution is -2.25. The molecule has 2 heterocycles. The maximum atomic E-state index is 8.87. The van der Waals surface area contributed by atoms with E-state index in [1.165, 1.54) is 0 Å². The molecule has 2 aromatic rings. The van der Waals surface area contributed by atoms with Gasteiger partial charge in [-0.1, -0.05) is 47.1 Å². The number of hydrogen-bond acceptors (Lipinski definition) is 5. The highest BCUT2D eigenvalue weighted by Crippen LogP contribution is 2.29. The number of hydrogen-bond donors (Lipinski definition) is 2. The molecule has 0 aliphatic carbocycles. The van der Waals surface area contributed by atoms with Crippen molar-refractivity contribution in [2.45, 2.75) is 19.3 Å². The molecular weight excluding hydrogens is 314 g/mol. The third-order valence-corrected chi connectivity index (χ3v) is 4.21. The molecule has 1 saturated heterocycles. The molecule has 3 N–H and O–H groups in total. The van der Waals surface area contributed by atoms with Crippen molar-refractivity contribution >= 4 is 23.3 Å². The zero-order valence-electron chi connectivity index (χ0n) is 12.6. The minimum Gasteiger partial charge on any atom is -0.409 e.